The Morgan fingerprint density at radius 2 is 2.35 bits per heavy atom. The molecule has 1 aliphatic rings. The molecular formula is C15H17ClN2O2. The third-order valence-electron chi connectivity index (χ3n) is 3.56. The molecule has 1 aliphatic heterocycles. The van der Waals surface area contributed by atoms with E-state index in [1.807, 2.05) is 24.4 Å². The smallest absolute Gasteiger partial charge is 0.136 e. The molecule has 2 aromatic rings. The summed E-state index contributed by atoms with van der Waals surface area (Å²) in [4.78, 5) is 6.78. The lowest BCUT2D eigenvalue weighted by molar-refractivity contribution is 0.0553. The van der Waals surface area contributed by atoms with Crippen molar-refractivity contribution in [1.29, 1.82) is 0 Å². The predicted octanol–water partition coefficient (Wildman–Crippen LogP) is 2.69. The lowest BCUT2D eigenvalue weighted by Crippen LogP contribution is -2.43. The number of nitrogens with zero attached hydrogens (tertiary/aromatic N) is 2. The minimum atomic E-state index is 0.0701. The highest BCUT2D eigenvalue weighted by Crippen LogP contribution is 2.28. The molecule has 0 saturated carbocycles. The molecule has 1 unspecified atom stereocenters. The van der Waals surface area contributed by atoms with Crippen molar-refractivity contribution in [1.82, 2.24) is 4.98 Å². The first kappa shape index (κ1) is 13.5. The van der Waals surface area contributed by atoms with Gasteiger partial charge in [-0.3, -0.25) is 0 Å². The van der Waals surface area contributed by atoms with Gasteiger partial charge in [0.15, 0.2) is 0 Å². The quantitative estimate of drug-likeness (QED) is 0.815. The van der Waals surface area contributed by atoms with Crippen molar-refractivity contribution in [3.63, 3.8) is 0 Å². The molecule has 0 aliphatic carbocycles. The minimum Gasteiger partial charge on any atom is -0.497 e. The largest absolute Gasteiger partial charge is 0.497 e. The molecule has 1 aromatic carbocycles. The first-order valence-electron chi connectivity index (χ1n) is 6.67. The summed E-state index contributed by atoms with van der Waals surface area (Å²) in [5.41, 5.74) is 0. The van der Waals surface area contributed by atoms with E-state index in [2.05, 4.69) is 16.0 Å². The Kier molecular flexibility index (Phi) is 3.94. The van der Waals surface area contributed by atoms with Crippen LogP contribution in [0.25, 0.3) is 10.8 Å². The van der Waals surface area contributed by atoms with Crippen molar-refractivity contribution in [2.75, 3.05) is 37.6 Å². The van der Waals surface area contributed by atoms with Crippen molar-refractivity contribution in [3.8, 4) is 5.75 Å². The number of hydrogen-bond acceptors (Lipinski definition) is 4. The molecule has 3 rings (SSSR count). The van der Waals surface area contributed by atoms with E-state index >= 15 is 0 Å². The van der Waals surface area contributed by atoms with Crippen LogP contribution in [0, 0.1) is 0 Å². The van der Waals surface area contributed by atoms with Crippen LogP contribution in [0.15, 0.2) is 30.5 Å². The van der Waals surface area contributed by atoms with Crippen molar-refractivity contribution in [3.05, 3.63) is 30.5 Å². The summed E-state index contributed by atoms with van der Waals surface area (Å²) in [6.45, 7) is 2.30. The van der Waals surface area contributed by atoms with E-state index in [1.165, 1.54) is 0 Å². The number of ether oxygens (including phenoxy) is 2. The van der Waals surface area contributed by atoms with Crippen molar-refractivity contribution in [2.45, 2.75) is 6.10 Å². The number of aromatic nitrogens is 1. The van der Waals surface area contributed by atoms with Gasteiger partial charge in [0.2, 0.25) is 0 Å². The van der Waals surface area contributed by atoms with Crippen LogP contribution in [-0.4, -0.2) is 43.8 Å². The second-order valence-corrected chi connectivity index (χ2v) is 5.12. The van der Waals surface area contributed by atoms with Crippen molar-refractivity contribution >= 4 is 28.2 Å². The SMILES string of the molecule is COc1ccc2c(N3CCOC(CCl)C3)nccc2c1. The number of rotatable bonds is 3. The molecule has 0 amide bonds. The topological polar surface area (TPSA) is 34.6 Å². The van der Waals surface area contributed by atoms with Crippen LogP contribution in [-0.2, 0) is 4.74 Å². The van der Waals surface area contributed by atoms with Gasteiger partial charge in [-0.25, -0.2) is 4.98 Å². The molecule has 1 saturated heterocycles. The summed E-state index contributed by atoms with van der Waals surface area (Å²) in [6.07, 6.45) is 1.91. The normalized spacial score (nSPS) is 19.3. The number of pyridine rings is 1. The Morgan fingerprint density at radius 1 is 1.45 bits per heavy atom. The van der Waals surface area contributed by atoms with E-state index in [9.17, 15) is 0 Å². The first-order valence-corrected chi connectivity index (χ1v) is 7.20. The summed E-state index contributed by atoms with van der Waals surface area (Å²) in [5.74, 6) is 2.36. The molecule has 0 N–H and O–H groups in total. The summed E-state index contributed by atoms with van der Waals surface area (Å²) >= 11 is 5.90. The van der Waals surface area contributed by atoms with E-state index in [0.717, 1.165) is 35.4 Å². The summed E-state index contributed by atoms with van der Waals surface area (Å²) in [5, 5.41) is 2.26. The number of anilines is 1. The zero-order valence-electron chi connectivity index (χ0n) is 11.4. The number of methoxy groups -OCH3 is 1. The van der Waals surface area contributed by atoms with Crippen LogP contribution in [0.4, 0.5) is 5.82 Å². The molecule has 2 heterocycles. The Morgan fingerprint density at radius 3 is 3.15 bits per heavy atom. The average Bonchev–Trinajstić information content (AvgIpc) is 2.53. The predicted molar refractivity (Wildman–Crippen MR) is 81.0 cm³/mol. The number of morpholine rings is 1. The Labute approximate surface area is 123 Å². The highest BCUT2D eigenvalue weighted by Gasteiger charge is 2.22. The molecule has 1 fully saturated rings. The van der Waals surface area contributed by atoms with Crippen LogP contribution in [0.1, 0.15) is 0 Å². The maximum absolute atomic E-state index is 5.90. The maximum Gasteiger partial charge on any atom is 0.136 e. The maximum atomic E-state index is 5.90. The zero-order valence-corrected chi connectivity index (χ0v) is 12.1. The molecular weight excluding hydrogens is 276 g/mol. The van der Waals surface area contributed by atoms with Gasteiger partial charge in [0.05, 0.1) is 25.7 Å². The number of alkyl halides is 1. The van der Waals surface area contributed by atoms with Crippen LogP contribution in [0.5, 0.6) is 5.75 Å². The van der Waals surface area contributed by atoms with E-state index < -0.39 is 0 Å². The summed E-state index contributed by atoms with van der Waals surface area (Å²) in [7, 11) is 1.68. The molecule has 5 heteroatoms. The standard InChI is InChI=1S/C15H17ClN2O2/c1-19-12-2-3-14-11(8-12)4-5-17-15(14)18-6-7-20-13(9-16)10-18/h2-5,8,13H,6-7,9-10H2,1H3. The van der Waals surface area contributed by atoms with E-state index in [1.54, 1.807) is 7.11 Å². The highest BCUT2D eigenvalue weighted by atomic mass is 35.5. The average molecular weight is 293 g/mol. The van der Waals surface area contributed by atoms with Crippen molar-refractivity contribution in [2.24, 2.45) is 0 Å². The van der Waals surface area contributed by atoms with Gasteiger partial charge in [0.25, 0.3) is 0 Å². The van der Waals surface area contributed by atoms with Gasteiger partial charge < -0.3 is 14.4 Å². The van der Waals surface area contributed by atoms with Gasteiger partial charge in [-0.15, -0.1) is 11.6 Å². The number of hydrogen-bond donors (Lipinski definition) is 0. The number of fused-ring (bicyclic) bond motifs is 1. The van der Waals surface area contributed by atoms with Gasteiger partial charge in [-0.2, -0.15) is 0 Å². The highest BCUT2D eigenvalue weighted by molar-refractivity contribution is 6.18. The first-order chi connectivity index (χ1) is 9.81. The molecule has 106 valence electrons. The summed E-state index contributed by atoms with van der Waals surface area (Å²) < 4.78 is 10.9. The summed E-state index contributed by atoms with van der Waals surface area (Å²) in [6, 6.07) is 8.05. The van der Waals surface area contributed by atoms with Crippen LogP contribution >= 0.6 is 11.6 Å². The van der Waals surface area contributed by atoms with Crippen LogP contribution in [0.3, 0.4) is 0 Å². The lowest BCUT2D eigenvalue weighted by atomic mass is 10.1. The molecule has 1 aromatic heterocycles. The third kappa shape index (κ3) is 2.53. The lowest BCUT2D eigenvalue weighted by Gasteiger charge is -2.33. The minimum absolute atomic E-state index is 0.0701. The monoisotopic (exact) mass is 292 g/mol. The van der Waals surface area contributed by atoms with Crippen LogP contribution < -0.4 is 9.64 Å². The van der Waals surface area contributed by atoms with E-state index in [4.69, 9.17) is 21.1 Å². The third-order valence-corrected chi connectivity index (χ3v) is 3.91. The molecule has 1 atom stereocenters. The second-order valence-electron chi connectivity index (χ2n) is 4.81. The molecule has 4 nitrogen and oxygen atoms in total. The van der Waals surface area contributed by atoms with Crippen molar-refractivity contribution < 1.29 is 9.47 Å². The second kappa shape index (κ2) is 5.85. The van der Waals surface area contributed by atoms with E-state index in [-0.39, 0.29) is 6.10 Å². The van der Waals surface area contributed by atoms with Gasteiger partial charge in [0, 0.05) is 24.7 Å². The fourth-order valence-electron chi connectivity index (χ4n) is 2.52. The fourth-order valence-corrected chi connectivity index (χ4v) is 2.71. The number of halogens is 1. The molecule has 0 spiro atoms. The fraction of sp³-hybridized carbons (Fsp3) is 0.400. The Hall–Kier alpha value is -1.52. The van der Waals surface area contributed by atoms with E-state index in [0.29, 0.717) is 12.5 Å². The van der Waals surface area contributed by atoms with Gasteiger partial charge >= 0.3 is 0 Å². The zero-order chi connectivity index (χ0) is 13.9. The molecule has 20 heavy (non-hydrogen) atoms. The van der Waals surface area contributed by atoms with Gasteiger partial charge in [0.1, 0.15) is 11.6 Å². The van der Waals surface area contributed by atoms with Gasteiger partial charge in [-0.1, -0.05) is 0 Å². The Bertz CT molecular complexity index is 605. The van der Waals surface area contributed by atoms with Crippen LogP contribution in [0.2, 0.25) is 0 Å². The molecule has 0 radical (unpaired) electrons. The van der Waals surface area contributed by atoms with Gasteiger partial charge in [-0.05, 0) is 29.7 Å². The molecule has 0 bridgehead atoms. The number of benzene rings is 1. The Balaban J connectivity index is 1.98.